The zero-order valence-corrected chi connectivity index (χ0v) is 15.4. The van der Waals surface area contributed by atoms with Crippen LogP contribution in [0.3, 0.4) is 0 Å². The number of carbonyl (C=O) groups excluding carboxylic acids is 1. The molecule has 1 amide bonds. The number of carbonyl (C=O) groups is 1. The lowest BCUT2D eigenvalue weighted by atomic mass is 10.2. The SMILES string of the molecule is Cc1c(C(=O)Nc2cnn(-c3ccccc3)c2)nnn1-c1ccc(F)c(Cl)c1. The highest BCUT2D eigenvalue weighted by molar-refractivity contribution is 6.30. The summed E-state index contributed by atoms with van der Waals surface area (Å²) in [4.78, 5) is 12.6. The third kappa shape index (κ3) is 3.37. The minimum Gasteiger partial charge on any atom is -0.318 e. The number of para-hydroxylation sites is 1. The summed E-state index contributed by atoms with van der Waals surface area (Å²) in [5, 5.41) is 14.9. The molecule has 4 aromatic rings. The van der Waals surface area contributed by atoms with E-state index in [0.717, 1.165) is 5.69 Å². The molecule has 1 N–H and O–H groups in total. The van der Waals surface area contributed by atoms with Crippen LogP contribution in [0.25, 0.3) is 11.4 Å². The van der Waals surface area contributed by atoms with Gasteiger partial charge in [0.05, 0.1) is 40.2 Å². The molecule has 140 valence electrons. The van der Waals surface area contributed by atoms with Crippen LogP contribution in [0.15, 0.2) is 60.9 Å². The Morgan fingerprint density at radius 1 is 1.14 bits per heavy atom. The minimum atomic E-state index is -0.531. The average molecular weight is 397 g/mol. The van der Waals surface area contributed by atoms with E-state index in [4.69, 9.17) is 11.6 Å². The average Bonchev–Trinajstić information content (AvgIpc) is 3.31. The van der Waals surface area contributed by atoms with Crippen LogP contribution in [-0.2, 0) is 0 Å². The molecule has 4 rings (SSSR count). The van der Waals surface area contributed by atoms with Crippen LogP contribution in [0.1, 0.15) is 16.2 Å². The van der Waals surface area contributed by atoms with Gasteiger partial charge in [0.25, 0.3) is 5.91 Å². The molecule has 0 fully saturated rings. The lowest BCUT2D eigenvalue weighted by Gasteiger charge is -2.05. The molecule has 0 unspecified atom stereocenters. The summed E-state index contributed by atoms with van der Waals surface area (Å²) in [5.74, 6) is -0.957. The van der Waals surface area contributed by atoms with E-state index in [1.807, 2.05) is 30.3 Å². The van der Waals surface area contributed by atoms with Gasteiger partial charge in [-0.15, -0.1) is 5.10 Å². The van der Waals surface area contributed by atoms with E-state index in [1.54, 1.807) is 24.0 Å². The minimum absolute atomic E-state index is 0.0354. The second kappa shape index (κ2) is 7.24. The van der Waals surface area contributed by atoms with E-state index in [-0.39, 0.29) is 10.7 Å². The van der Waals surface area contributed by atoms with Crippen molar-refractivity contribution in [2.45, 2.75) is 6.92 Å². The van der Waals surface area contributed by atoms with Crippen molar-refractivity contribution in [3.63, 3.8) is 0 Å². The van der Waals surface area contributed by atoms with Gasteiger partial charge in [0.15, 0.2) is 5.69 Å². The highest BCUT2D eigenvalue weighted by Crippen LogP contribution is 2.20. The van der Waals surface area contributed by atoms with Gasteiger partial charge in [-0.1, -0.05) is 35.0 Å². The van der Waals surface area contributed by atoms with Gasteiger partial charge in [0.1, 0.15) is 5.82 Å². The Kier molecular flexibility index (Phi) is 4.62. The Balaban J connectivity index is 1.55. The molecule has 2 aromatic heterocycles. The summed E-state index contributed by atoms with van der Waals surface area (Å²) in [5.41, 5.74) is 2.54. The highest BCUT2D eigenvalue weighted by Gasteiger charge is 2.18. The van der Waals surface area contributed by atoms with Crippen molar-refractivity contribution >= 4 is 23.2 Å². The third-order valence-electron chi connectivity index (χ3n) is 4.12. The lowest BCUT2D eigenvalue weighted by molar-refractivity contribution is 0.102. The third-order valence-corrected chi connectivity index (χ3v) is 4.41. The second-order valence-corrected chi connectivity index (χ2v) is 6.40. The molecule has 9 heteroatoms. The van der Waals surface area contributed by atoms with Gasteiger partial charge < -0.3 is 5.32 Å². The van der Waals surface area contributed by atoms with Crippen molar-refractivity contribution < 1.29 is 9.18 Å². The van der Waals surface area contributed by atoms with Crippen LogP contribution >= 0.6 is 11.6 Å². The molecule has 7 nitrogen and oxygen atoms in total. The number of nitrogens with zero attached hydrogens (tertiary/aromatic N) is 5. The van der Waals surface area contributed by atoms with Crippen LogP contribution < -0.4 is 5.32 Å². The first-order valence-electron chi connectivity index (χ1n) is 8.32. The number of benzene rings is 2. The monoisotopic (exact) mass is 396 g/mol. The van der Waals surface area contributed by atoms with Crippen LogP contribution in [0.4, 0.5) is 10.1 Å². The Bertz CT molecular complexity index is 1150. The van der Waals surface area contributed by atoms with Crippen molar-refractivity contribution in [2.24, 2.45) is 0 Å². The summed E-state index contributed by atoms with van der Waals surface area (Å²) < 4.78 is 16.4. The first kappa shape index (κ1) is 17.9. The fourth-order valence-corrected chi connectivity index (χ4v) is 2.88. The smallest absolute Gasteiger partial charge is 0.278 e. The topological polar surface area (TPSA) is 77.6 Å². The highest BCUT2D eigenvalue weighted by atomic mass is 35.5. The number of hydrogen-bond acceptors (Lipinski definition) is 4. The summed E-state index contributed by atoms with van der Waals surface area (Å²) in [7, 11) is 0. The molecule has 0 aliphatic rings. The fourth-order valence-electron chi connectivity index (χ4n) is 2.70. The molecule has 28 heavy (non-hydrogen) atoms. The Morgan fingerprint density at radius 3 is 2.68 bits per heavy atom. The maximum atomic E-state index is 13.4. The Morgan fingerprint density at radius 2 is 1.93 bits per heavy atom. The van der Waals surface area contributed by atoms with Crippen LogP contribution in [-0.4, -0.2) is 30.7 Å². The molecule has 0 saturated heterocycles. The molecule has 0 saturated carbocycles. The molecule has 0 atom stereocenters. The number of hydrogen-bond donors (Lipinski definition) is 1. The van der Waals surface area contributed by atoms with Crippen molar-refractivity contribution in [3.8, 4) is 11.4 Å². The van der Waals surface area contributed by atoms with E-state index in [0.29, 0.717) is 17.1 Å². The molecular weight excluding hydrogens is 383 g/mol. The normalized spacial score (nSPS) is 10.8. The zero-order valence-electron chi connectivity index (χ0n) is 14.7. The lowest BCUT2D eigenvalue weighted by Crippen LogP contribution is -2.13. The summed E-state index contributed by atoms with van der Waals surface area (Å²) in [6, 6.07) is 13.7. The van der Waals surface area contributed by atoms with E-state index in [9.17, 15) is 9.18 Å². The second-order valence-electron chi connectivity index (χ2n) is 6.00. The summed E-state index contributed by atoms with van der Waals surface area (Å²) in [6.07, 6.45) is 3.25. The van der Waals surface area contributed by atoms with Gasteiger partial charge in [0.2, 0.25) is 0 Å². The van der Waals surface area contributed by atoms with Crippen molar-refractivity contribution in [1.29, 1.82) is 0 Å². The van der Waals surface area contributed by atoms with E-state index in [1.165, 1.54) is 22.9 Å². The number of halogens is 2. The molecule has 0 aliphatic carbocycles. The number of anilines is 1. The predicted octanol–water partition coefficient (Wildman–Crippen LogP) is 3.81. The van der Waals surface area contributed by atoms with Gasteiger partial charge in [-0.2, -0.15) is 5.10 Å². The van der Waals surface area contributed by atoms with Gasteiger partial charge in [-0.25, -0.2) is 13.8 Å². The van der Waals surface area contributed by atoms with Crippen LogP contribution in [0.2, 0.25) is 5.02 Å². The number of rotatable bonds is 4. The maximum absolute atomic E-state index is 13.4. The molecule has 0 radical (unpaired) electrons. The van der Waals surface area contributed by atoms with E-state index >= 15 is 0 Å². The number of aromatic nitrogens is 5. The number of amides is 1. The van der Waals surface area contributed by atoms with Gasteiger partial charge in [0, 0.05) is 0 Å². The Labute approximate surface area is 164 Å². The van der Waals surface area contributed by atoms with Crippen molar-refractivity contribution in [3.05, 3.63) is 83.2 Å². The summed E-state index contributed by atoms with van der Waals surface area (Å²) >= 11 is 5.82. The zero-order chi connectivity index (χ0) is 19.7. The van der Waals surface area contributed by atoms with Crippen LogP contribution in [0, 0.1) is 12.7 Å². The quantitative estimate of drug-likeness (QED) is 0.569. The van der Waals surface area contributed by atoms with Crippen LogP contribution in [0.5, 0.6) is 0 Å². The predicted molar refractivity (Wildman–Crippen MR) is 103 cm³/mol. The molecule has 2 heterocycles. The van der Waals surface area contributed by atoms with Gasteiger partial charge in [-0.3, -0.25) is 4.79 Å². The molecule has 0 bridgehead atoms. The first-order chi connectivity index (χ1) is 13.5. The van der Waals surface area contributed by atoms with E-state index in [2.05, 4.69) is 20.7 Å². The van der Waals surface area contributed by atoms with Crippen molar-refractivity contribution in [2.75, 3.05) is 5.32 Å². The van der Waals surface area contributed by atoms with E-state index < -0.39 is 11.7 Å². The molecule has 2 aromatic carbocycles. The fraction of sp³-hybridized carbons (Fsp3) is 0.0526. The molecule has 0 aliphatic heterocycles. The van der Waals surface area contributed by atoms with Crippen molar-refractivity contribution in [1.82, 2.24) is 24.8 Å². The van der Waals surface area contributed by atoms with Gasteiger partial charge in [-0.05, 0) is 37.3 Å². The molecule has 0 spiro atoms. The van der Waals surface area contributed by atoms with Gasteiger partial charge >= 0.3 is 0 Å². The molecular formula is C19H14ClFN6O. The standard InChI is InChI=1S/C19H14ClFN6O/c1-12-18(24-25-27(12)15-7-8-17(21)16(20)9-15)19(28)23-13-10-22-26(11-13)14-5-3-2-4-6-14/h2-11H,1H3,(H,23,28). The first-order valence-corrected chi connectivity index (χ1v) is 8.70. The summed E-state index contributed by atoms with van der Waals surface area (Å²) in [6.45, 7) is 1.69. The largest absolute Gasteiger partial charge is 0.318 e. The maximum Gasteiger partial charge on any atom is 0.278 e. The Hall–Kier alpha value is -3.52. The number of nitrogens with one attached hydrogen (secondary N) is 1.